The first-order valence-electron chi connectivity index (χ1n) is 4.95. The minimum absolute atomic E-state index is 0.0313. The lowest BCUT2D eigenvalue weighted by Crippen LogP contribution is -2.19. The number of hydrazone groups is 1. The molecule has 0 aliphatic heterocycles. The number of hydrogen-bond donors (Lipinski definition) is 1. The molecule has 0 aliphatic rings. The van der Waals surface area contributed by atoms with E-state index in [-0.39, 0.29) is 5.69 Å². The summed E-state index contributed by atoms with van der Waals surface area (Å²) >= 11 is 0. The molecule has 2 rings (SSSR count). The summed E-state index contributed by atoms with van der Waals surface area (Å²) in [5, 5.41) is 3.51. The summed E-state index contributed by atoms with van der Waals surface area (Å²) in [7, 11) is 3.52. The normalized spacial score (nSPS) is 11.7. The molecule has 2 aromatic rings. The molecule has 5 heteroatoms. The monoisotopic (exact) mass is 218 g/mol. The number of benzene rings is 1. The molecule has 0 atom stereocenters. The molecule has 0 amide bonds. The summed E-state index contributed by atoms with van der Waals surface area (Å²) in [6.45, 7) is 1.97. The van der Waals surface area contributed by atoms with Crippen molar-refractivity contribution in [2.75, 3.05) is 0 Å². The van der Waals surface area contributed by atoms with E-state index in [4.69, 9.17) is 5.84 Å². The first-order valence-corrected chi connectivity index (χ1v) is 4.95. The van der Waals surface area contributed by atoms with Gasteiger partial charge in [-0.2, -0.15) is 5.10 Å². The lowest BCUT2D eigenvalue weighted by molar-refractivity contribution is 0.795. The smallest absolute Gasteiger partial charge is 0.323 e. The summed E-state index contributed by atoms with van der Waals surface area (Å²) in [6.07, 6.45) is 1.59. The van der Waals surface area contributed by atoms with Crippen LogP contribution in [0.25, 0.3) is 11.0 Å². The van der Waals surface area contributed by atoms with Crippen LogP contribution in [0.1, 0.15) is 11.1 Å². The van der Waals surface area contributed by atoms with Crippen LogP contribution in [0.15, 0.2) is 22.0 Å². The van der Waals surface area contributed by atoms with Crippen molar-refractivity contribution in [2.45, 2.75) is 6.92 Å². The number of aromatic nitrogens is 2. The molecule has 0 radical (unpaired) electrons. The second kappa shape index (κ2) is 3.52. The van der Waals surface area contributed by atoms with E-state index in [1.807, 2.05) is 19.1 Å². The number of fused-ring (bicyclic) bond motifs is 1. The maximum Gasteiger partial charge on any atom is 0.328 e. The molecule has 0 spiro atoms. The van der Waals surface area contributed by atoms with E-state index in [1.54, 1.807) is 29.4 Å². The Morgan fingerprint density at radius 1 is 1.25 bits per heavy atom. The highest BCUT2D eigenvalue weighted by Gasteiger charge is 2.09. The van der Waals surface area contributed by atoms with Crippen molar-refractivity contribution in [3.05, 3.63) is 33.7 Å². The average molecular weight is 218 g/mol. The molecule has 2 N–H and O–H groups in total. The van der Waals surface area contributed by atoms with Crippen LogP contribution in [0.4, 0.5) is 0 Å². The first-order chi connectivity index (χ1) is 7.56. The minimum atomic E-state index is -0.0313. The Morgan fingerprint density at radius 2 is 1.81 bits per heavy atom. The maximum absolute atomic E-state index is 11.7. The molecule has 1 aromatic carbocycles. The van der Waals surface area contributed by atoms with Gasteiger partial charge in [0.15, 0.2) is 0 Å². The van der Waals surface area contributed by atoms with E-state index >= 15 is 0 Å². The van der Waals surface area contributed by atoms with Crippen molar-refractivity contribution < 1.29 is 0 Å². The SMILES string of the molecule is Cc1cc2c(cc1C=NN)n(C)c(=O)n2C. The molecule has 5 nitrogen and oxygen atoms in total. The second-order valence-electron chi connectivity index (χ2n) is 3.88. The molecule has 0 saturated heterocycles. The summed E-state index contributed by atoms with van der Waals surface area (Å²) in [5.74, 6) is 5.14. The van der Waals surface area contributed by atoms with Crippen molar-refractivity contribution in [2.24, 2.45) is 25.0 Å². The topological polar surface area (TPSA) is 65.3 Å². The largest absolute Gasteiger partial charge is 0.328 e. The lowest BCUT2D eigenvalue weighted by Gasteiger charge is -2.01. The van der Waals surface area contributed by atoms with Crippen LogP contribution >= 0.6 is 0 Å². The van der Waals surface area contributed by atoms with Crippen LogP contribution in [-0.4, -0.2) is 15.3 Å². The zero-order chi connectivity index (χ0) is 11.9. The number of nitrogens with zero attached hydrogens (tertiary/aromatic N) is 3. The number of rotatable bonds is 1. The molecule has 16 heavy (non-hydrogen) atoms. The molecular weight excluding hydrogens is 204 g/mol. The van der Waals surface area contributed by atoms with Gasteiger partial charge in [0.25, 0.3) is 0 Å². The van der Waals surface area contributed by atoms with E-state index in [9.17, 15) is 4.79 Å². The van der Waals surface area contributed by atoms with Crippen LogP contribution in [0.3, 0.4) is 0 Å². The van der Waals surface area contributed by atoms with E-state index in [0.29, 0.717) is 0 Å². The Bertz CT molecular complexity index is 633. The van der Waals surface area contributed by atoms with Gasteiger partial charge in [0.1, 0.15) is 0 Å². The van der Waals surface area contributed by atoms with E-state index in [2.05, 4.69) is 5.10 Å². The van der Waals surface area contributed by atoms with Gasteiger partial charge in [0, 0.05) is 14.1 Å². The van der Waals surface area contributed by atoms with Crippen molar-refractivity contribution in [1.29, 1.82) is 0 Å². The summed E-state index contributed by atoms with van der Waals surface area (Å²) < 4.78 is 3.24. The van der Waals surface area contributed by atoms with Gasteiger partial charge in [-0.05, 0) is 30.2 Å². The van der Waals surface area contributed by atoms with E-state index in [1.165, 1.54) is 0 Å². The Morgan fingerprint density at radius 3 is 2.38 bits per heavy atom. The van der Waals surface area contributed by atoms with Crippen molar-refractivity contribution in [3.8, 4) is 0 Å². The van der Waals surface area contributed by atoms with Gasteiger partial charge in [-0.1, -0.05) is 0 Å². The molecule has 1 aromatic heterocycles. The van der Waals surface area contributed by atoms with Gasteiger partial charge in [0.05, 0.1) is 17.2 Å². The van der Waals surface area contributed by atoms with E-state index in [0.717, 1.165) is 22.2 Å². The molecular formula is C11H14N4O. The number of imidazole rings is 1. The quantitative estimate of drug-likeness (QED) is 0.430. The van der Waals surface area contributed by atoms with Gasteiger partial charge in [-0.3, -0.25) is 9.13 Å². The van der Waals surface area contributed by atoms with Crippen LogP contribution in [0, 0.1) is 6.92 Å². The molecule has 0 bridgehead atoms. The standard InChI is InChI=1S/C11H14N4O/c1-7-4-9-10(5-8(7)6-13-12)15(3)11(16)14(9)2/h4-6H,12H2,1-3H3. The average Bonchev–Trinajstić information content (AvgIpc) is 2.46. The summed E-state index contributed by atoms with van der Waals surface area (Å²) in [6, 6.07) is 3.89. The Balaban J connectivity index is 2.90. The van der Waals surface area contributed by atoms with Gasteiger partial charge in [-0.25, -0.2) is 4.79 Å². The number of aryl methyl sites for hydroxylation is 3. The van der Waals surface area contributed by atoms with Crippen molar-refractivity contribution in [3.63, 3.8) is 0 Å². The van der Waals surface area contributed by atoms with Crippen LogP contribution < -0.4 is 11.5 Å². The molecule has 84 valence electrons. The maximum atomic E-state index is 11.7. The molecule has 1 heterocycles. The Kier molecular flexibility index (Phi) is 2.30. The molecule has 0 fully saturated rings. The van der Waals surface area contributed by atoms with E-state index < -0.39 is 0 Å². The Hall–Kier alpha value is -2.04. The molecule has 0 unspecified atom stereocenters. The molecule has 0 saturated carbocycles. The van der Waals surface area contributed by atoms with Crippen molar-refractivity contribution in [1.82, 2.24) is 9.13 Å². The zero-order valence-electron chi connectivity index (χ0n) is 9.56. The number of nitrogens with two attached hydrogens (primary N) is 1. The minimum Gasteiger partial charge on any atom is -0.323 e. The molecule has 0 aliphatic carbocycles. The predicted molar refractivity (Wildman–Crippen MR) is 64.7 cm³/mol. The second-order valence-corrected chi connectivity index (χ2v) is 3.88. The Labute approximate surface area is 92.8 Å². The third-order valence-electron chi connectivity index (χ3n) is 2.87. The summed E-state index contributed by atoms with van der Waals surface area (Å²) in [5.41, 5.74) is 3.74. The first kappa shape index (κ1) is 10.5. The van der Waals surface area contributed by atoms with Crippen LogP contribution in [-0.2, 0) is 14.1 Å². The fraction of sp³-hybridized carbons (Fsp3) is 0.273. The lowest BCUT2D eigenvalue weighted by atomic mass is 10.1. The highest BCUT2D eigenvalue weighted by Crippen LogP contribution is 2.16. The number of hydrogen-bond acceptors (Lipinski definition) is 3. The van der Waals surface area contributed by atoms with Crippen LogP contribution in [0.2, 0.25) is 0 Å². The zero-order valence-corrected chi connectivity index (χ0v) is 9.56. The third-order valence-corrected chi connectivity index (χ3v) is 2.87. The summed E-state index contributed by atoms with van der Waals surface area (Å²) in [4.78, 5) is 11.7. The van der Waals surface area contributed by atoms with Gasteiger partial charge < -0.3 is 5.84 Å². The fourth-order valence-electron chi connectivity index (χ4n) is 1.89. The highest BCUT2D eigenvalue weighted by molar-refractivity contribution is 5.89. The third kappa shape index (κ3) is 1.32. The van der Waals surface area contributed by atoms with Gasteiger partial charge in [-0.15, -0.1) is 0 Å². The van der Waals surface area contributed by atoms with Gasteiger partial charge >= 0.3 is 5.69 Å². The van der Waals surface area contributed by atoms with Crippen molar-refractivity contribution >= 4 is 17.2 Å². The highest BCUT2D eigenvalue weighted by atomic mass is 16.1. The fourth-order valence-corrected chi connectivity index (χ4v) is 1.89. The van der Waals surface area contributed by atoms with Crippen LogP contribution in [0.5, 0.6) is 0 Å². The predicted octanol–water partition coefficient (Wildman–Crippen LogP) is 0.478. The van der Waals surface area contributed by atoms with Gasteiger partial charge in [0.2, 0.25) is 0 Å².